The van der Waals surface area contributed by atoms with E-state index in [4.69, 9.17) is 6.42 Å². The Labute approximate surface area is 144 Å². The average molecular weight is 382 g/mol. The Morgan fingerprint density at radius 2 is 2.00 bits per heavy atom. The fourth-order valence-corrected chi connectivity index (χ4v) is 1.90. The molecule has 0 aromatic carbocycles. The molecule has 0 aliphatic carbocycles. The van der Waals surface area contributed by atoms with Gasteiger partial charge in [0.1, 0.15) is 6.20 Å². The van der Waals surface area contributed by atoms with Crippen molar-refractivity contribution >= 4 is 11.9 Å². The van der Waals surface area contributed by atoms with E-state index in [1.807, 2.05) is 0 Å². The van der Waals surface area contributed by atoms with Gasteiger partial charge in [0, 0.05) is 12.8 Å². The molecule has 1 aromatic heterocycles. The summed E-state index contributed by atoms with van der Waals surface area (Å²) in [5.74, 6) is -4.64. The van der Waals surface area contributed by atoms with Gasteiger partial charge in [-0.25, -0.2) is 4.57 Å². The van der Waals surface area contributed by atoms with Crippen molar-refractivity contribution in [3.63, 3.8) is 0 Å². The summed E-state index contributed by atoms with van der Waals surface area (Å²) in [6, 6.07) is 0. The lowest BCUT2D eigenvalue weighted by molar-refractivity contribution is -0.396. The maximum Gasteiger partial charge on any atom is 0.455 e. The molecule has 1 N–H and O–H groups in total. The second-order valence-electron chi connectivity index (χ2n) is 5.31. The Kier molecular flexibility index (Phi) is 7.05. The highest BCUT2D eigenvalue weighted by atomic mass is 19.4. The van der Waals surface area contributed by atoms with Crippen molar-refractivity contribution in [1.82, 2.24) is 14.9 Å². The molecule has 0 spiro atoms. The van der Waals surface area contributed by atoms with E-state index in [0.717, 1.165) is 4.57 Å². The summed E-state index contributed by atoms with van der Waals surface area (Å²) >= 11 is 0. The van der Waals surface area contributed by atoms with Gasteiger partial charge in [-0.05, 0) is 17.8 Å². The van der Waals surface area contributed by atoms with Gasteiger partial charge in [-0.3, -0.25) is 4.79 Å². The van der Waals surface area contributed by atoms with E-state index in [-0.39, 0.29) is 5.69 Å². The predicted octanol–water partition coefficient (Wildman–Crippen LogP) is 2.45. The van der Waals surface area contributed by atoms with Crippen molar-refractivity contribution < 1.29 is 31.7 Å². The lowest BCUT2D eigenvalue weighted by Crippen LogP contribution is -2.47. The number of imidazole rings is 1. The Morgan fingerprint density at radius 3 is 2.54 bits per heavy atom. The summed E-state index contributed by atoms with van der Waals surface area (Å²) in [6.45, 7) is -2.78. The zero-order valence-corrected chi connectivity index (χ0v) is 13.4. The molecule has 0 unspecified atom stereocenters. The van der Waals surface area contributed by atoms with E-state index < -0.39 is 42.0 Å². The first kappa shape index (κ1) is 21.3. The quantitative estimate of drug-likeness (QED) is 0.234. The Hall–Kier alpha value is -2.71. The molecule has 0 saturated carbocycles. The monoisotopic (exact) mass is 382 g/mol. The standard InChI is InChI=1S/C14H15F5N4O3/c1-2-3-4-5-6-10-7-22(12(21-10)23(25)26)8-11(24)20-9-13(15,16)14(17,18)19/h1,7H,3-6,8-9H2,(H,20,24). The highest BCUT2D eigenvalue weighted by Gasteiger charge is 2.57. The van der Waals surface area contributed by atoms with Gasteiger partial charge in [0.05, 0.1) is 6.54 Å². The van der Waals surface area contributed by atoms with Crippen LogP contribution in [-0.4, -0.2) is 39.0 Å². The first-order valence-electron chi connectivity index (χ1n) is 7.33. The third kappa shape index (κ3) is 5.98. The van der Waals surface area contributed by atoms with Crippen molar-refractivity contribution in [3.8, 4) is 12.3 Å². The molecule has 7 nitrogen and oxygen atoms in total. The molecular formula is C14H15F5N4O3. The number of carbonyl (C=O) groups is 1. The van der Waals surface area contributed by atoms with Gasteiger partial charge in [-0.2, -0.15) is 22.0 Å². The minimum absolute atomic E-state index is 0.280. The molecule has 0 saturated heterocycles. The second kappa shape index (κ2) is 8.59. The van der Waals surface area contributed by atoms with Crippen molar-refractivity contribution in [2.75, 3.05) is 6.54 Å². The number of aryl methyl sites for hydroxylation is 1. The third-order valence-corrected chi connectivity index (χ3v) is 3.21. The molecule has 0 aliphatic rings. The molecule has 0 fully saturated rings. The van der Waals surface area contributed by atoms with Crippen LogP contribution in [-0.2, 0) is 17.8 Å². The van der Waals surface area contributed by atoms with Crippen LogP contribution in [0.5, 0.6) is 0 Å². The number of hydrogen-bond acceptors (Lipinski definition) is 4. The number of rotatable bonds is 9. The number of nitrogens with one attached hydrogen (secondary N) is 1. The van der Waals surface area contributed by atoms with E-state index in [9.17, 15) is 36.9 Å². The molecule has 1 amide bonds. The molecule has 144 valence electrons. The third-order valence-electron chi connectivity index (χ3n) is 3.21. The highest BCUT2D eigenvalue weighted by Crippen LogP contribution is 2.34. The van der Waals surface area contributed by atoms with Gasteiger partial charge in [0.25, 0.3) is 5.91 Å². The smallest absolute Gasteiger partial charge is 0.390 e. The largest absolute Gasteiger partial charge is 0.455 e. The zero-order valence-electron chi connectivity index (χ0n) is 13.4. The van der Waals surface area contributed by atoms with Gasteiger partial charge in [-0.15, -0.1) is 12.3 Å². The lowest BCUT2D eigenvalue weighted by Gasteiger charge is -2.19. The van der Waals surface area contributed by atoms with Crippen LogP contribution < -0.4 is 5.32 Å². The van der Waals surface area contributed by atoms with Crippen LogP contribution in [0.4, 0.5) is 27.9 Å². The number of hydrogen-bond donors (Lipinski definition) is 1. The average Bonchev–Trinajstić information content (AvgIpc) is 2.91. The van der Waals surface area contributed by atoms with Crippen LogP contribution >= 0.6 is 0 Å². The van der Waals surface area contributed by atoms with Crippen molar-refractivity contribution in [2.45, 2.75) is 44.3 Å². The number of unbranched alkanes of at least 4 members (excludes halogenated alkanes) is 2. The van der Waals surface area contributed by atoms with E-state index >= 15 is 0 Å². The molecule has 26 heavy (non-hydrogen) atoms. The zero-order chi connectivity index (χ0) is 20.0. The molecule has 0 radical (unpaired) electrons. The number of alkyl halides is 5. The molecule has 0 aliphatic heterocycles. The summed E-state index contributed by atoms with van der Waals surface area (Å²) in [6.07, 6.45) is 2.54. The van der Waals surface area contributed by atoms with Gasteiger partial charge >= 0.3 is 18.0 Å². The Morgan fingerprint density at radius 1 is 1.35 bits per heavy atom. The number of amides is 1. The second-order valence-corrected chi connectivity index (χ2v) is 5.31. The topological polar surface area (TPSA) is 90.1 Å². The van der Waals surface area contributed by atoms with E-state index in [2.05, 4.69) is 10.9 Å². The summed E-state index contributed by atoms with van der Waals surface area (Å²) in [4.78, 5) is 25.3. The number of halogens is 5. The SMILES string of the molecule is C#CCCCCc1cn(CC(=O)NCC(F)(F)C(F)(F)F)c([N+](=O)[O-])n1. The molecule has 1 heterocycles. The number of nitrogens with zero attached hydrogens (tertiary/aromatic N) is 3. The summed E-state index contributed by atoms with van der Waals surface area (Å²) in [5, 5.41) is 12.3. The summed E-state index contributed by atoms with van der Waals surface area (Å²) in [5.41, 5.74) is 0.280. The Bertz CT molecular complexity index is 694. The number of nitro groups is 1. The van der Waals surface area contributed by atoms with E-state index in [1.165, 1.54) is 11.5 Å². The van der Waals surface area contributed by atoms with Crippen LogP contribution in [0.1, 0.15) is 25.0 Å². The van der Waals surface area contributed by atoms with E-state index in [0.29, 0.717) is 25.7 Å². The van der Waals surface area contributed by atoms with Crippen LogP contribution in [0.15, 0.2) is 6.20 Å². The fourth-order valence-electron chi connectivity index (χ4n) is 1.90. The lowest BCUT2D eigenvalue weighted by atomic mass is 10.2. The maximum absolute atomic E-state index is 12.8. The van der Waals surface area contributed by atoms with Gasteiger partial charge in [0.2, 0.25) is 0 Å². The highest BCUT2D eigenvalue weighted by molar-refractivity contribution is 5.76. The van der Waals surface area contributed by atoms with Crippen LogP contribution in [0.25, 0.3) is 0 Å². The van der Waals surface area contributed by atoms with Crippen LogP contribution in [0, 0.1) is 22.5 Å². The van der Waals surface area contributed by atoms with Crippen LogP contribution in [0.2, 0.25) is 0 Å². The molecule has 1 rings (SSSR count). The van der Waals surface area contributed by atoms with Gasteiger partial charge in [-0.1, -0.05) is 4.98 Å². The van der Waals surface area contributed by atoms with Crippen molar-refractivity contribution in [1.29, 1.82) is 0 Å². The van der Waals surface area contributed by atoms with Crippen molar-refractivity contribution in [3.05, 3.63) is 22.0 Å². The number of terminal acetylenes is 1. The van der Waals surface area contributed by atoms with Gasteiger partial charge in [0.15, 0.2) is 12.2 Å². The molecule has 1 aromatic rings. The first-order valence-corrected chi connectivity index (χ1v) is 7.33. The normalized spacial score (nSPS) is 11.8. The van der Waals surface area contributed by atoms with E-state index in [1.54, 1.807) is 0 Å². The maximum atomic E-state index is 12.8. The van der Waals surface area contributed by atoms with Crippen LogP contribution in [0.3, 0.4) is 0 Å². The minimum Gasteiger partial charge on any atom is -0.390 e. The number of aromatic nitrogens is 2. The Balaban J connectivity index is 2.72. The van der Waals surface area contributed by atoms with Crippen molar-refractivity contribution in [2.24, 2.45) is 0 Å². The summed E-state index contributed by atoms with van der Waals surface area (Å²) < 4.78 is 62.4. The molecular weight excluding hydrogens is 367 g/mol. The minimum atomic E-state index is -5.81. The fraction of sp³-hybridized carbons (Fsp3) is 0.571. The molecule has 0 atom stereocenters. The predicted molar refractivity (Wildman–Crippen MR) is 79.3 cm³/mol. The molecule has 0 bridgehead atoms. The van der Waals surface area contributed by atoms with Gasteiger partial charge < -0.3 is 15.4 Å². The molecule has 12 heteroatoms. The number of carbonyl (C=O) groups excluding carboxylic acids is 1. The summed E-state index contributed by atoms with van der Waals surface area (Å²) in [7, 11) is 0. The first-order chi connectivity index (χ1) is 12.0.